The number of carbonyl (C=O) groups is 1. The second kappa shape index (κ2) is 9.12. The van der Waals surface area contributed by atoms with Gasteiger partial charge in [-0.1, -0.05) is 12.1 Å². The third kappa shape index (κ3) is 4.31. The Balaban J connectivity index is 1.21. The summed E-state index contributed by atoms with van der Waals surface area (Å²) in [6.07, 6.45) is 5.91. The lowest BCUT2D eigenvalue weighted by Crippen LogP contribution is -2.58. The van der Waals surface area contributed by atoms with E-state index in [2.05, 4.69) is 20.5 Å². The minimum Gasteiger partial charge on any atom is -0.491 e. The molecule has 0 saturated carbocycles. The number of likely N-dealkylation sites (tertiary alicyclic amines) is 1. The highest BCUT2D eigenvalue weighted by Gasteiger charge is 2.47. The van der Waals surface area contributed by atoms with Crippen LogP contribution in [0.5, 0.6) is 5.75 Å². The van der Waals surface area contributed by atoms with Crippen molar-refractivity contribution in [2.75, 3.05) is 37.0 Å². The quantitative estimate of drug-likeness (QED) is 0.400. The smallest absolute Gasteiger partial charge is 0.282 e. The Morgan fingerprint density at radius 3 is 2.63 bits per heavy atom. The van der Waals surface area contributed by atoms with Crippen molar-refractivity contribution in [3.05, 3.63) is 65.9 Å². The second-order valence-electron chi connectivity index (χ2n) is 9.53. The minimum absolute atomic E-state index is 0.370. The van der Waals surface area contributed by atoms with Gasteiger partial charge in [-0.25, -0.2) is 13.8 Å². The van der Waals surface area contributed by atoms with E-state index in [4.69, 9.17) is 9.72 Å². The number of halogens is 2. The number of alkyl halides is 2. The van der Waals surface area contributed by atoms with Crippen LogP contribution in [-0.2, 0) is 20.0 Å². The molecule has 3 aromatic heterocycles. The number of methoxy groups -OCH3 is 1. The average molecular weight is 521 g/mol. The van der Waals surface area contributed by atoms with Crippen molar-refractivity contribution in [1.29, 1.82) is 0 Å². The molecule has 2 aliphatic rings. The Morgan fingerprint density at radius 1 is 1.16 bits per heavy atom. The van der Waals surface area contributed by atoms with Crippen LogP contribution < -0.4 is 15.0 Å². The van der Waals surface area contributed by atoms with Gasteiger partial charge in [-0.15, -0.1) is 0 Å². The van der Waals surface area contributed by atoms with Crippen molar-refractivity contribution < 1.29 is 18.3 Å². The second-order valence-corrected chi connectivity index (χ2v) is 9.53. The maximum absolute atomic E-state index is 13.3. The number of aromatic amines is 1. The fraction of sp³-hybridized carbons (Fsp3) is 0.308. The number of nitrogens with zero attached hydrogens (tertiary/aromatic N) is 6. The molecule has 6 rings (SSSR count). The topological polar surface area (TPSA) is 104 Å². The summed E-state index contributed by atoms with van der Waals surface area (Å²) in [4.78, 5) is 25.3. The Bertz CT molecular complexity index is 1480. The van der Waals surface area contributed by atoms with E-state index in [1.165, 1.54) is 4.90 Å². The lowest BCUT2D eigenvalue weighted by molar-refractivity contribution is -0.113. The molecule has 1 aromatic carbocycles. The molecule has 4 aromatic rings. The molecule has 1 amide bonds. The van der Waals surface area contributed by atoms with E-state index < -0.39 is 19.0 Å². The van der Waals surface area contributed by atoms with Gasteiger partial charge in [0, 0.05) is 36.7 Å². The molecule has 2 aliphatic heterocycles. The molecule has 0 atom stereocenters. The third-order valence-corrected chi connectivity index (χ3v) is 7.01. The van der Waals surface area contributed by atoms with Gasteiger partial charge in [0.05, 0.1) is 39.1 Å². The molecular weight excluding hydrogens is 494 g/mol. The number of fused-ring (bicyclic) bond motifs is 1. The van der Waals surface area contributed by atoms with E-state index in [1.54, 1.807) is 31.1 Å². The van der Waals surface area contributed by atoms with Gasteiger partial charge in [0.2, 0.25) is 5.95 Å². The number of ether oxygens (including phenoxy) is 1. The van der Waals surface area contributed by atoms with Crippen molar-refractivity contribution in [3.8, 4) is 16.9 Å². The number of rotatable bonds is 6. The Morgan fingerprint density at radius 2 is 1.95 bits per heavy atom. The lowest BCUT2D eigenvalue weighted by Gasteiger charge is -2.38. The van der Waals surface area contributed by atoms with Gasteiger partial charge in [0.1, 0.15) is 5.69 Å². The SMILES string of the molecule is COc1cnc(N2CCc3cc(C(=O)N4CC(F)(F)C4)n(C)c3C2)nc1Nc1ccc(-c2cn[nH]c2)cc1. The minimum atomic E-state index is -2.80. The molecule has 1 fully saturated rings. The first kappa shape index (κ1) is 23.9. The summed E-state index contributed by atoms with van der Waals surface area (Å²) in [5.41, 5.74) is 5.26. The van der Waals surface area contributed by atoms with Crippen LogP contribution in [0.15, 0.2) is 48.9 Å². The van der Waals surface area contributed by atoms with Crippen molar-refractivity contribution in [1.82, 2.24) is 29.6 Å². The van der Waals surface area contributed by atoms with E-state index >= 15 is 0 Å². The zero-order valence-electron chi connectivity index (χ0n) is 20.9. The molecule has 10 nitrogen and oxygen atoms in total. The molecule has 0 unspecified atom stereocenters. The summed E-state index contributed by atoms with van der Waals surface area (Å²) in [7, 11) is 3.36. The van der Waals surface area contributed by atoms with Crippen LogP contribution in [0.3, 0.4) is 0 Å². The normalized spacial score (nSPS) is 16.1. The van der Waals surface area contributed by atoms with Gasteiger partial charge < -0.3 is 24.4 Å². The Labute approximate surface area is 217 Å². The van der Waals surface area contributed by atoms with Crippen LogP contribution in [0.2, 0.25) is 0 Å². The number of anilines is 3. The zero-order valence-corrected chi connectivity index (χ0v) is 20.9. The van der Waals surface area contributed by atoms with Crippen LogP contribution in [0.25, 0.3) is 11.1 Å². The number of H-pyrrole nitrogens is 1. The standard InChI is InChI=1S/C26H26F2N8O2/c1-34-20(24(37)36-14-26(27,28)15-36)9-17-7-8-35(13-21(17)34)25-29-12-22(38-2)23(33-25)32-19-5-3-16(4-6-19)18-10-30-31-11-18/h3-6,9-12H,7-8,13-15H2,1-2H3,(H,30,31)(H,29,32,33). The fourth-order valence-electron chi connectivity index (χ4n) is 4.88. The third-order valence-electron chi connectivity index (χ3n) is 7.01. The average Bonchev–Trinajstić information content (AvgIpc) is 3.56. The zero-order chi connectivity index (χ0) is 26.4. The highest BCUT2D eigenvalue weighted by Crippen LogP contribution is 2.32. The number of benzene rings is 1. The van der Waals surface area contributed by atoms with Gasteiger partial charge in [-0.2, -0.15) is 10.1 Å². The maximum atomic E-state index is 13.3. The largest absolute Gasteiger partial charge is 0.491 e. The van der Waals surface area contributed by atoms with E-state index in [9.17, 15) is 13.6 Å². The number of hydrogen-bond donors (Lipinski definition) is 2. The fourth-order valence-corrected chi connectivity index (χ4v) is 4.88. The number of nitrogens with one attached hydrogen (secondary N) is 2. The van der Waals surface area contributed by atoms with Crippen LogP contribution in [0, 0.1) is 0 Å². The monoisotopic (exact) mass is 520 g/mol. The first-order chi connectivity index (χ1) is 18.3. The molecule has 0 spiro atoms. The summed E-state index contributed by atoms with van der Waals surface area (Å²) < 4.78 is 33.9. The lowest BCUT2D eigenvalue weighted by atomic mass is 10.1. The van der Waals surface area contributed by atoms with Crippen LogP contribution in [0.1, 0.15) is 21.7 Å². The van der Waals surface area contributed by atoms with Crippen molar-refractivity contribution in [2.24, 2.45) is 7.05 Å². The maximum Gasteiger partial charge on any atom is 0.282 e. The first-order valence-corrected chi connectivity index (χ1v) is 12.2. The predicted molar refractivity (Wildman–Crippen MR) is 137 cm³/mol. The Hall–Kier alpha value is -4.48. The van der Waals surface area contributed by atoms with Crippen LogP contribution >= 0.6 is 0 Å². The molecular formula is C26H26F2N8O2. The molecule has 12 heteroatoms. The first-order valence-electron chi connectivity index (χ1n) is 12.2. The van der Waals surface area contributed by atoms with Crippen LogP contribution in [-0.4, -0.2) is 68.2 Å². The van der Waals surface area contributed by atoms with Crippen molar-refractivity contribution in [2.45, 2.75) is 18.9 Å². The summed E-state index contributed by atoms with van der Waals surface area (Å²) in [6, 6.07) is 9.70. The van der Waals surface area contributed by atoms with Crippen LogP contribution in [0.4, 0.5) is 26.2 Å². The summed E-state index contributed by atoms with van der Waals surface area (Å²) >= 11 is 0. The molecule has 0 aliphatic carbocycles. The van der Waals surface area contributed by atoms with E-state index in [0.717, 1.165) is 28.1 Å². The molecule has 2 N–H and O–H groups in total. The summed E-state index contributed by atoms with van der Waals surface area (Å²) in [6.45, 7) is 0.0721. The number of carbonyl (C=O) groups excluding carboxylic acids is 1. The molecule has 0 radical (unpaired) electrons. The highest BCUT2D eigenvalue weighted by molar-refractivity contribution is 5.94. The van der Waals surface area contributed by atoms with Gasteiger partial charge in [-0.05, 0) is 35.7 Å². The summed E-state index contributed by atoms with van der Waals surface area (Å²) in [5, 5.41) is 10.1. The molecule has 38 heavy (non-hydrogen) atoms. The van der Waals surface area contributed by atoms with Gasteiger partial charge in [-0.3, -0.25) is 9.89 Å². The van der Waals surface area contributed by atoms with Gasteiger partial charge in [0.15, 0.2) is 11.6 Å². The number of amides is 1. The number of hydrogen-bond acceptors (Lipinski definition) is 7. The highest BCUT2D eigenvalue weighted by atomic mass is 19.3. The van der Waals surface area contributed by atoms with Crippen molar-refractivity contribution in [3.63, 3.8) is 0 Å². The molecule has 0 bridgehead atoms. The molecule has 5 heterocycles. The summed E-state index contributed by atoms with van der Waals surface area (Å²) in [5.74, 6) is -1.61. The van der Waals surface area contributed by atoms with Gasteiger partial charge >= 0.3 is 0 Å². The Kier molecular flexibility index (Phi) is 5.73. The van der Waals surface area contributed by atoms with Gasteiger partial charge in [0.25, 0.3) is 11.8 Å². The molecule has 1 saturated heterocycles. The molecule has 196 valence electrons. The van der Waals surface area contributed by atoms with E-state index in [-0.39, 0.29) is 5.91 Å². The van der Waals surface area contributed by atoms with Crippen molar-refractivity contribution >= 4 is 23.4 Å². The van der Waals surface area contributed by atoms with E-state index in [0.29, 0.717) is 42.7 Å². The number of aromatic nitrogens is 5. The van der Waals surface area contributed by atoms with E-state index in [1.807, 2.05) is 41.4 Å². The predicted octanol–water partition coefficient (Wildman–Crippen LogP) is 3.61.